The normalized spacial score (nSPS) is 17.4. The molecule has 124 valence electrons. The van der Waals surface area contributed by atoms with Gasteiger partial charge < -0.3 is 15.5 Å². The maximum atomic E-state index is 12.6. The monoisotopic (exact) mass is 346 g/mol. The largest absolute Gasteiger partial charge is 0.508 e. The minimum absolute atomic E-state index is 0.0266. The predicted molar refractivity (Wildman–Crippen MR) is 90.5 cm³/mol. The van der Waals surface area contributed by atoms with Crippen LogP contribution < -0.4 is 10.2 Å². The van der Waals surface area contributed by atoms with Crippen LogP contribution in [0.25, 0.3) is 0 Å². The van der Waals surface area contributed by atoms with Crippen molar-refractivity contribution in [2.75, 3.05) is 10.2 Å². The molecule has 1 fully saturated rings. The summed E-state index contributed by atoms with van der Waals surface area (Å²) in [6, 6.07) is 8.14. The second kappa shape index (κ2) is 6.05. The minimum atomic E-state index is -0.780. The summed E-state index contributed by atoms with van der Waals surface area (Å²) in [5.41, 5.74) is 1.38. The van der Waals surface area contributed by atoms with Crippen molar-refractivity contribution in [3.8, 4) is 11.5 Å². The van der Waals surface area contributed by atoms with E-state index in [1.54, 1.807) is 19.1 Å². The number of benzene rings is 2. The molecule has 1 aliphatic heterocycles. The Kier molecular flexibility index (Phi) is 4.07. The standard InChI is InChI=1S/C17H15ClN2O4/c1-9-6-11(21)3-5-14(9)20-16(23)8-13(17(20)24)19-12-4-2-10(18)7-15(12)22/h2-7,13,19,21-22H,8H2,1H3. The summed E-state index contributed by atoms with van der Waals surface area (Å²) < 4.78 is 0. The molecule has 0 radical (unpaired) electrons. The molecule has 2 aromatic rings. The lowest BCUT2D eigenvalue weighted by molar-refractivity contribution is -0.121. The number of anilines is 2. The molecule has 2 amide bonds. The number of aromatic hydroxyl groups is 2. The van der Waals surface area contributed by atoms with Crippen LogP contribution in [-0.4, -0.2) is 28.1 Å². The Balaban J connectivity index is 1.86. The molecule has 1 saturated heterocycles. The number of rotatable bonds is 3. The molecular weight excluding hydrogens is 332 g/mol. The number of hydrogen-bond donors (Lipinski definition) is 3. The Bertz CT molecular complexity index is 837. The lowest BCUT2D eigenvalue weighted by atomic mass is 10.1. The maximum absolute atomic E-state index is 12.6. The van der Waals surface area contributed by atoms with Crippen molar-refractivity contribution >= 4 is 34.8 Å². The van der Waals surface area contributed by atoms with Crippen LogP contribution in [0, 0.1) is 6.92 Å². The first-order valence-corrected chi connectivity index (χ1v) is 7.66. The zero-order valence-corrected chi connectivity index (χ0v) is 13.5. The Hall–Kier alpha value is -2.73. The van der Waals surface area contributed by atoms with E-state index in [0.29, 0.717) is 22.0 Å². The second-order valence-electron chi connectivity index (χ2n) is 5.60. The van der Waals surface area contributed by atoms with Gasteiger partial charge in [-0.2, -0.15) is 0 Å². The first-order valence-electron chi connectivity index (χ1n) is 7.28. The fourth-order valence-corrected chi connectivity index (χ4v) is 2.87. The van der Waals surface area contributed by atoms with Crippen molar-refractivity contribution in [2.45, 2.75) is 19.4 Å². The molecule has 7 heteroatoms. The molecule has 1 aliphatic rings. The molecule has 3 N–H and O–H groups in total. The van der Waals surface area contributed by atoms with Gasteiger partial charge in [-0.15, -0.1) is 0 Å². The van der Waals surface area contributed by atoms with Gasteiger partial charge in [-0.25, -0.2) is 4.90 Å². The number of phenols is 2. The number of aryl methyl sites for hydroxylation is 1. The van der Waals surface area contributed by atoms with Gasteiger partial charge in [0.05, 0.1) is 17.8 Å². The van der Waals surface area contributed by atoms with Crippen LogP contribution in [0.2, 0.25) is 5.02 Å². The van der Waals surface area contributed by atoms with Gasteiger partial charge in [-0.1, -0.05) is 11.6 Å². The summed E-state index contributed by atoms with van der Waals surface area (Å²) in [6.45, 7) is 1.71. The summed E-state index contributed by atoms with van der Waals surface area (Å²) in [4.78, 5) is 26.0. The quantitative estimate of drug-likeness (QED) is 0.587. The molecule has 0 spiro atoms. The number of nitrogens with one attached hydrogen (secondary N) is 1. The van der Waals surface area contributed by atoms with Gasteiger partial charge in [0.15, 0.2) is 0 Å². The number of carbonyl (C=O) groups excluding carboxylic acids is 2. The first kappa shape index (κ1) is 16.1. The number of imide groups is 1. The predicted octanol–water partition coefficient (Wildman–Crippen LogP) is 2.80. The fourth-order valence-electron chi connectivity index (χ4n) is 2.70. The first-order chi connectivity index (χ1) is 11.4. The minimum Gasteiger partial charge on any atom is -0.508 e. The van der Waals surface area contributed by atoms with Gasteiger partial charge >= 0.3 is 0 Å². The molecular formula is C17H15ClN2O4. The van der Waals surface area contributed by atoms with Crippen LogP contribution in [0.3, 0.4) is 0 Å². The van der Waals surface area contributed by atoms with Crippen LogP contribution in [0.15, 0.2) is 36.4 Å². The Labute approximate surface area is 143 Å². The molecule has 6 nitrogen and oxygen atoms in total. The van der Waals surface area contributed by atoms with E-state index < -0.39 is 11.9 Å². The van der Waals surface area contributed by atoms with Crippen LogP contribution >= 0.6 is 11.6 Å². The van der Waals surface area contributed by atoms with Crippen LogP contribution in [0.1, 0.15) is 12.0 Å². The van der Waals surface area contributed by atoms with Crippen molar-refractivity contribution in [1.82, 2.24) is 0 Å². The van der Waals surface area contributed by atoms with Gasteiger partial charge in [-0.05, 0) is 42.8 Å². The fraction of sp³-hybridized carbons (Fsp3) is 0.176. The molecule has 2 aromatic carbocycles. The van der Waals surface area contributed by atoms with Gasteiger partial charge in [-0.3, -0.25) is 9.59 Å². The topological polar surface area (TPSA) is 89.9 Å². The Morgan fingerprint density at radius 2 is 1.92 bits per heavy atom. The summed E-state index contributed by atoms with van der Waals surface area (Å²) in [5, 5.41) is 22.6. The third kappa shape index (κ3) is 2.88. The molecule has 24 heavy (non-hydrogen) atoms. The lowest BCUT2D eigenvalue weighted by Crippen LogP contribution is -2.35. The molecule has 0 aromatic heterocycles. The number of amides is 2. The molecule has 1 heterocycles. The van der Waals surface area contributed by atoms with E-state index in [0.717, 1.165) is 4.90 Å². The average molecular weight is 347 g/mol. The summed E-state index contributed by atoms with van der Waals surface area (Å²) in [6.07, 6.45) is -0.0266. The van der Waals surface area contributed by atoms with Crippen LogP contribution in [0.5, 0.6) is 11.5 Å². The SMILES string of the molecule is Cc1cc(O)ccc1N1C(=O)CC(Nc2ccc(Cl)cc2O)C1=O. The van der Waals surface area contributed by atoms with Gasteiger partial charge in [0.1, 0.15) is 17.5 Å². The zero-order chi connectivity index (χ0) is 17.4. The third-order valence-electron chi connectivity index (χ3n) is 3.86. The molecule has 1 unspecified atom stereocenters. The van der Waals surface area contributed by atoms with E-state index in [2.05, 4.69) is 5.32 Å². The molecule has 0 aliphatic carbocycles. The van der Waals surface area contributed by atoms with Gasteiger partial charge in [0, 0.05) is 11.1 Å². The van der Waals surface area contributed by atoms with E-state index >= 15 is 0 Å². The summed E-state index contributed by atoms with van der Waals surface area (Å²) >= 11 is 5.78. The van der Waals surface area contributed by atoms with E-state index in [1.807, 2.05) is 0 Å². The average Bonchev–Trinajstić information content (AvgIpc) is 2.77. The molecule has 0 bridgehead atoms. The summed E-state index contributed by atoms with van der Waals surface area (Å²) in [5.74, 6) is -0.791. The highest BCUT2D eigenvalue weighted by molar-refractivity contribution is 6.30. The molecule has 3 rings (SSSR count). The third-order valence-corrected chi connectivity index (χ3v) is 4.09. The number of halogens is 1. The molecule has 1 atom stereocenters. The maximum Gasteiger partial charge on any atom is 0.256 e. The Morgan fingerprint density at radius 1 is 1.17 bits per heavy atom. The van der Waals surface area contributed by atoms with Crippen LogP contribution in [-0.2, 0) is 9.59 Å². The second-order valence-corrected chi connectivity index (χ2v) is 6.04. The Morgan fingerprint density at radius 3 is 2.58 bits per heavy atom. The lowest BCUT2D eigenvalue weighted by Gasteiger charge is -2.18. The molecule has 0 saturated carbocycles. The van der Waals surface area contributed by atoms with Gasteiger partial charge in [0.2, 0.25) is 5.91 Å². The van der Waals surface area contributed by atoms with E-state index in [9.17, 15) is 19.8 Å². The zero-order valence-electron chi connectivity index (χ0n) is 12.8. The van der Waals surface area contributed by atoms with Crippen molar-refractivity contribution in [3.05, 3.63) is 47.0 Å². The van der Waals surface area contributed by atoms with E-state index in [1.165, 1.54) is 24.3 Å². The van der Waals surface area contributed by atoms with Crippen molar-refractivity contribution < 1.29 is 19.8 Å². The highest BCUT2D eigenvalue weighted by Gasteiger charge is 2.40. The number of phenolic OH excluding ortho intramolecular Hbond substituents is 2. The van der Waals surface area contributed by atoms with E-state index in [-0.39, 0.29) is 23.8 Å². The highest BCUT2D eigenvalue weighted by atomic mass is 35.5. The van der Waals surface area contributed by atoms with Crippen molar-refractivity contribution in [2.24, 2.45) is 0 Å². The smallest absolute Gasteiger partial charge is 0.256 e. The number of carbonyl (C=O) groups is 2. The number of hydrogen-bond acceptors (Lipinski definition) is 5. The van der Waals surface area contributed by atoms with Crippen molar-refractivity contribution in [1.29, 1.82) is 0 Å². The van der Waals surface area contributed by atoms with Crippen molar-refractivity contribution in [3.63, 3.8) is 0 Å². The number of nitrogens with zero attached hydrogens (tertiary/aromatic N) is 1. The van der Waals surface area contributed by atoms with E-state index in [4.69, 9.17) is 11.6 Å². The highest BCUT2D eigenvalue weighted by Crippen LogP contribution is 2.32. The summed E-state index contributed by atoms with van der Waals surface area (Å²) in [7, 11) is 0. The van der Waals surface area contributed by atoms with Gasteiger partial charge in [0.25, 0.3) is 5.91 Å². The van der Waals surface area contributed by atoms with Crippen LogP contribution in [0.4, 0.5) is 11.4 Å².